The summed E-state index contributed by atoms with van der Waals surface area (Å²) in [4.78, 5) is 27.1. The summed E-state index contributed by atoms with van der Waals surface area (Å²) in [6, 6.07) is 12.3. The third-order valence-corrected chi connectivity index (χ3v) is 5.40. The van der Waals surface area contributed by atoms with Crippen LogP contribution in [0.1, 0.15) is 53.3 Å². The Bertz CT molecular complexity index is 828. The molecule has 6 heteroatoms. The fraction of sp³-hybridized carbons (Fsp3) is 0.364. The molecule has 0 aliphatic carbocycles. The van der Waals surface area contributed by atoms with E-state index in [0.717, 1.165) is 30.4 Å². The number of benzene rings is 2. The Morgan fingerprint density at radius 3 is 2.25 bits per heavy atom. The van der Waals surface area contributed by atoms with Crippen molar-refractivity contribution in [3.05, 3.63) is 58.1 Å². The largest absolute Gasteiger partial charge is 0.493 e. The molecule has 2 amide bonds. The minimum Gasteiger partial charge on any atom is -0.493 e. The van der Waals surface area contributed by atoms with Gasteiger partial charge in [-0.25, -0.2) is 0 Å². The first-order valence-electron chi connectivity index (χ1n) is 9.71. The van der Waals surface area contributed by atoms with Crippen molar-refractivity contribution in [1.82, 2.24) is 4.90 Å². The van der Waals surface area contributed by atoms with Crippen molar-refractivity contribution in [1.29, 1.82) is 0 Å². The highest BCUT2D eigenvalue weighted by Gasteiger charge is 2.17. The third-order valence-electron chi connectivity index (χ3n) is 4.78. The van der Waals surface area contributed by atoms with E-state index in [1.54, 1.807) is 42.5 Å². The second-order valence-electron chi connectivity index (χ2n) is 6.82. The molecule has 1 heterocycles. The van der Waals surface area contributed by atoms with E-state index in [4.69, 9.17) is 4.74 Å². The van der Waals surface area contributed by atoms with Gasteiger partial charge in [0.15, 0.2) is 0 Å². The zero-order chi connectivity index (χ0) is 19.9. The van der Waals surface area contributed by atoms with Crippen LogP contribution in [0.2, 0.25) is 0 Å². The molecule has 0 unspecified atom stereocenters. The number of carbonyl (C=O) groups is 2. The molecule has 1 saturated heterocycles. The fourth-order valence-corrected chi connectivity index (χ4v) is 3.76. The molecule has 0 bridgehead atoms. The topological polar surface area (TPSA) is 58.6 Å². The molecule has 1 aliphatic heterocycles. The number of likely N-dealkylation sites (tertiary alicyclic amines) is 1. The van der Waals surface area contributed by atoms with Gasteiger partial charge >= 0.3 is 0 Å². The van der Waals surface area contributed by atoms with Crippen LogP contribution in [0.15, 0.2) is 46.9 Å². The molecule has 3 rings (SSSR count). The zero-order valence-electron chi connectivity index (χ0n) is 16.0. The van der Waals surface area contributed by atoms with Crippen LogP contribution >= 0.6 is 15.9 Å². The molecule has 1 fully saturated rings. The summed E-state index contributed by atoms with van der Waals surface area (Å²) >= 11 is 3.42. The van der Waals surface area contributed by atoms with Crippen molar-refractivity contribution in [3.63, 3.8) is 0 Å². The third kappa shape index (κ3) is 5.13. The fourth-order valence-electron chi connectivity index (χ4n) is 3.27. The van der Waals surface area contributed by atoms with Crippen LogP contribution in [0.5, 0.6) is 5.75 Å². The van der Waals surface area contributed by atoms with Gasteiger partial charge < -0.3 is 15.0 Å². The molecular weight excluding hydrogens is 420 g/mol. The van der Waals surface area contributed by atoms with Gasteiger partial charge in [0, 0.05) is 29.9 Å². The normalized spacial score (nSPS) is 14.3. The molecule has 0 radical (unpaired) electrons. The van der Waals surface area contributed by atoms with Gasteiger partial charge in [-0.1, -0.05) is 12.8 Å². The lowest BCUT2D eigenvalue weighted by molar-refractivity contribution is 0.0761. The number of halogens is 1. The predicted molar refractivity (Wildman–Crippen MR) is 114 cm³/mol. The van der Waals surface area contributed by atoms with Crippen molar-refractivity contribution in [3.8, 4) is 5.75 Å². The SMILES string of the molecule is CCOc1ccc(C(=O)Nc2ccc(C(=O)N3CCCCCC3)cc2)cc1Br. The van der Waals surface area contributed by atoms with Crippen molar-refractivity contribution >= 4 is 33.4 Å². The first kappa shape index (κ1) is 20.4. The van der Waals surface area contributed by atoms with Crippen molar-refractivity contribution in [2.24, 2.45) is 0 Å². The molecule has 0 atom stereocenters. The number of nitrogens with zero attached hydrogens (tertiary/aromatic N) is 1. The van der Waals surface area contributed by atoms with Crippen LogP contribution in [0.25, 0.3) is 0 Å². The first-order chi connectivity index (χ1) is 13.6. The van der Waals surface area contributed by atoms with Crippen molar-refractivity contribution in [2.75, 3.05) is 25.0 Å². The molecule has 1 N–H and O–H groups in total. The van der Waals surface area contributed by atoms with Gasteiger partial charge in [-0.15, -0.1) is 0 Å². The molecule has 148 valence electrons. The van der Waals surface area contributed by atoms with Crippen molar-refractivity contribution < 1.29 is 14.3 Å². The zero-order valence-corrected chi connectivity index (χ0v) is 17.6. The summed E-state index contributed by atoms with van der Waals surface area (Å²) in [6.07, 6.45) is 4.52. The average molecular weight is 445 g/mol. The van der Waals surface area contributed by atoms with E-state index in [2.05, 4.69) is 21.2 Å². The van der Waals surface area contributed by atoms with E-state index < -0.39 is 0 Å². The molecular formula is C22H25BrN2O3. The number of rotatable bonds is 5. The minimum absolute atomic E-state index is 0.0650. The standard InChI is InChI=1S/C22H25BrN2O3/c1-2-28-20-12-9-17(15-19(20)23)21(26)24-18-10-7-16(8-11-18)22(27)25-13-5-3-4-6-14-25/h7-12,15H,2-6,13-14H2,1H3,(H,24,26). The molecule has 0 saturated carbocycles. The highest BCUT2D eigenvalue weighted by atomic mass is 79.9. The molecule has 0 aromatic heterocycles. The van der Waals surface area contributed by atoms with E-state index in [-0.39, 0.29) is 11.8 Å². The maximum atomic E-state index is 12.7. The Kier molecular flexibility index (Phi) is 7.09. The van der Waals surface area contributed by atoms with Crippen LogP contribution in [0.4, 0.5) is 5.69 Å². The number of hydrogen-bond donors (Lipinski definition) is 1. The Hall–Kier alpha value is -2.34. The Balaban J connectivity index is 1.64. The van der Waals surface area contributed by atoms with E-state index in [1.807, 2.05) is 11.8 Å². The molecule has 1 aliphatic rings. The Morgan fingerprint density at radius 2 is 1.64 bits per heavy atom. The van der Waals surface area contributed by atoms with E-state index in [9.17, 15) is 9.59 Å². The van der Waals surface area contributed by atoms with Crippen LogP contribution < -0.4 is 10.1 Å². The van der Waals surface area contributed by atoms with Gasteiger partial charge in [0.05, 0.1) is 11.1 Å². The molecule has 2 aromatic rings. The van der Waals surface area contributed by atoms with Gasteiger partial charge in [0.2, 0.25) is 0 Å². The Morgan fingerprint density at radius 1 is 1.00 bits per heavy atom. The van der Waals surface area contributed by atoms with E-state index >= 15 is 0 Å². The molecule has 28 heavy (non-hydrogen) atoms. The monoisotopic (exact) mass is 444 g/mol. The number of amides is 2. The summed E-state index contributed by atoms with van der Waals surface area (Å²) in [6.45, 7) is 4.12. The highest BCUT2D eigenvalue weighted by Crippen LogP contribution is 2.26. The van der Waals surface area contributed by atoms with Gasteiger partial charge in [-0.2, -0.15) is 0 Å². The van der Waals surface area contributed by atoms with Crippen LogP contribution in [0, 0.1) is 0 Å². The van der Waals surface area contributed by atoms with Gasteiger partial charge in [-0.05, 0) is 78.2 Å². The molecule has 0 spiro atoms. The summed E-state index contributed by atoms with van der Waals surface area (Å²) in [5.74, 6) is 0.556. The number of nitrogens with one attached hydrogen (secondary N) is 1. The lowest BCUT2D eigenvalue weighted by Crippen LogP contribution is -2.31. The number of carbonyl (C=O) groups excluding carboxylic acids is 2. The highest BCUT2D eigenvalue weighted by molar-refractivity contribution is 9.10. The van der Waals surface area contributed by atoms with E-state index in [0.29, 0.717) is 29.2 Å². The molecule has 5 nitrogen and oxygen atoms in total. The van der Waals surface area contributed by atoms with Gasteiger partial charge in [-0.3, -0.25) is 9.59 Å². The lowest BCUT2D eigenvalue weighted by Gasteiger charge is -2.20. The maximum absolute atomic E-state index is 12.7. The maximum Gasteiger partial charge on any atom is 0.255 e. The number of hydrogen-bond acceptors (Lipinski definition) is 3. The average Bonchev–Trinajstić information content (AvgIpc) is 2.99. The smallest absolute Gasteiger partial charge is 0.255 e. The second kappa shape index (κ2) is 9.73. The van der Waals surface area contributed by atoms with Gasteiger partial charge in [0.25, 0.3) is 11.8 Å². The summed E-state index contributed by atoms with van der Waals surface area (Å²) < 4.78 is 6.21. The summed E-state index contributed by atoms with van der Waals surface area (Å²) in [7, 11) is 0. The van der Waals surface area contributed by atoms with Crippen LogP contribution in [0.3, 0.4) is 0 Å². The first-order valence-corrected chi connectivity index (χ1v) is 10.5. The van der Waals surface area contributed by atoms with Crippen LogP contribution in [-0.2, 0) is 0 Å². The molecule has 2 aromatic carbocycles. The van der Waals surface area contributed by atoms with E-state index in [1.165, 1.54) is 12.8 Å². The van der Waals surface area contributed by atoms with Crippen molar-refractivity contribution in [2.45, 2.75) is 32.6 Å². The number of ether oxygens (including phenoxy) is 1. The Labute approximate surface area is 174 Å². The predicted octanol–water partition coefficient (Wildman–Crippen LogP) is 5.12. The summed E-state index contributed by atoms with van der Waals surface area (Å²) in [5, 5.41) is 2.87. The van der Waals surface area contributed by atoms with Crippen LogP contribution in [-0.4, -0.2) is 36.4 Å². The lowest BCUT2D eigenvalue weighted by atomic mass is 10.1. The number of anilines is 1. The second-order valence-corrected chi connectivity index (χ2v) is 7.67. The quantitative estimate of drug-likeness (QED) is 0.696. The minimum atomic E-state index is -0.213. The van der Waals surface area contributed by atoms with Gasteiger partial charge in [0.1, 0.15) is 5.75 Å². The summed E-state index contributed by atoms with van der Waals surface area (Å²) in [5.41, 5.74) is 1.84.